The van der Waals surface area contributed by atoms with Crippen molar-refractivity contribution in [1.29, 1.82) is 0 Å². The van der Waals surface area contributed by atoms with Crippen LogP contribution in [0.1, 0.15) is 47.5 Å². The molecule has 118 valence electrons. The van der Waals surface area contributed by atoms with Crippen LogP contribution in [0.15, 0.2) is 24.3 Å². The summed E-state index contributed by atoms with van der Waals surface area (Å²) in [6.07, 6.45) is 3.75. The highest BCUT2D eigenvalue weighted by Crippen LogP contribution is 2.43. The van der Waals surface area contributed by atoms with Crippen molar-refractivity contribution in [3.63, 3.8) is 0 Å². The van der Waals surface area contributed by atoms with Gasteiger partial charge in [0, 0.05) is 0 Å². The SMILES string of the molecule is O=C(O)c1cccc([C@H]2CC[C@H]3CN[C@H](C(=O)O)C[C@H]3C2)c1. The van der Waals surface area contributed by atoms with Crippen LogP contribution in [0.3, 0.4) is 0 Å². The molecule has 1 aromatic rings. The Morgan fingerprint density at radius 1 is 1.09 bits per heavy atom. The number of aromatic carboxylic acids is 1. The highest BCUT2D eigenvalue weighted by Gasteiger charge is 2.38. The summed E-state index contributed by atoms with van der Waals surface area (Å²) in [5.74, 6) is -0.367. The van der Waals surface area contributed by atoms with E-state index in [0.717, 1.165) is 31.4 Å². The lowest BCUT2D eigenvalue weighted by atomic mass is 9.68. The zero-order valence-corrected chi connectivity index (χ0v) is 12.4. The molecule has 5 nitrogen and oxygen atoms in total. The molecule has 1 aliphatic heterocycles. The van der Waals surface area contributed by atoms with Crippen LogP contribution in [-0.4, -0.2) is 34.7 Å². The maximum Gasteiger partial charge on any atom is 0.335 e. The van der Waals surface area contributed by atoms with Gasteiger partial charge in [-0.25, -0.2) is 4.79 Å². The molecular weight excluding hydrogens is 282 g/mol. The van der Waals surface area contributed by atoms with Crippen LogP contribution in [0.25, 0.3) is 0 Å². The molecule has 1 aliphatic carbocycles. The van der Waals surface area contributed by atoms with Crippen LogP contribution in [-0.2, 0) is 4.79 Å². The van der Waals surface area contributed by atoms with E-state index < -0.39 is 18.0 Å². The normalized spacial score (nSPS) is 31.3. The highest BCUT2D eigenvalue weighted by atomic mass is 16.4. The maximum atomic E-state index is 11.2. The van der Waals surface area contributed by atoms with Gasteiger partial charge in [-0.05, 0) is 67.7 Å². The minimum atomic E-state index is -0.900. The summed E-state index contributed by atoms with van der Waals surface area (Å²) in [5, 5.41) is 21.4. The standard InChI is InChI=1S/C17H21NO4/c19-16(20)12-3-1-2-10(6-12)11-4-5-13-9-18-15(17(21)22)8-14(13)7-11/h1-3,6,11,13-15,18H,4-5,7-9H2,(H,19,20)(H,21,22)/t11-,13-,14+,15-/m0/s1. The lowest BCUT2D eigenvalue weighted by Gasteiger charge is -2.41. The summed E-state index contributed by atoms with van der Waals surface area (Å²) in [5.41, 5.74) is 1.40. The number of fused-ring (bicyclic) bond motifs is 1. The van der Waals surface area contributed by atoms with Crippen molar-refractivity contribution in [3.8, 4) is 0 Å². The van der Waals surface area contributed by atoms with Crippen molar-refractivity contribution in [3.05, 3.63) is 35.4 Å². The van der Waals surface area contributed by atoms with Crippen LogP contribution < -0.4 is 5.32 Å². The van der Waals surface area contributed by atoms with E-state index in [4.69, 9.17) is 5.11 Å². The molecule has 2 aliphatic rings. The Bertz CT molecular complexity index is 586. The molecule has 0 aromatic heterocycles. The predicted octanol–water partition coefficient (Wildman–Crippen LogP) is 2.33. The fourth-order valence-electron chi connectivity index (χ4n) is 3.98. The van der Waals surface area contributed by atoms with E-state index in [2.05, 4.69) is 5.32 Å². The number of aliphatic carboxylic acids is 1. The first-order valence-electron chi connectivity index (χ1n) is 7.84. The Balaban J connectivity index is 1.73. The van der Waals surface area contributed by atoms with Gasteiger partial charge in [0.05, 0.1) is 5.56 Å². The van der Waals surface area contributed by atoms with E-state index in [1.807, 2.05) is 6.07 Å². The van der Waals surface area contributed by atoms with E-state index in [1.165, 1.54) is 0 Å². The molecule has 0 radical (unpaired) electrons. The van der Waals surface area contributed by atoms with Gasteiger partial charge < -0.3 is 15.5 Å². The molecule has 1 heterocycles. The summed E-state index contributed by atoms with van der Waals surface area (Å²) < 4.78 is 0. The third-order valence-electron chi connectivity index (χ3n) is 5.21. The van der Waals surface area contributed by atoms with Gasteiger partial charge in [0.15, 0.2) is 0 Å². The number of hydrogen-bond acceptors (Lipinski definition) is 3. The first-order chi connectivity index (χ1) is 10.5. The van der Waals surface area contributed by atoms with Crippen LogP contribution in [0.5, 0.6) is 0 Å². The van der Waals surface area contributed by atoms with Crippen molar-refractivity contribution in [2.24, 2.45) is 11.8 Å². The van der Waals surface area contributed by atoms with Crippen LogP contribution >= 0.6 is 0 Å². The molecular formula is C17H21NO4. The fraction of sp³-hybridized carbons (Fsp3) is 0.529. The van der Waals surface area contributed by atoms with Gasteiger partial charge in [-0.3, -0.25) is 4.79 Å². The Morgan fingerprint density at radius 2 is 1.91 bits per heavy atom. The van der Waals surface area contributed by atoms with E-state index in [9.17, 15) is 14.7 Å². The van der Waals surface area contributed by atoms with E-state index in [-0.39, 0.29) is 0 Å². The number of benzene rings is 1. The molecule has 22 heavy (non-hydrogen) atoms. The fourth-order valence-corrected chi connectivity index (χ4v) is 3.98. The van der Waals surface area contributed by atoms with Crippen molar-refractivity contribution in [1.82, 2.24) is 5.32 Å². The summed E-state index contributed by atoms with van der Waals surface area (Å²) in [6, 6.07) is 6.73. The predicted molar refractivity (Wildman–Crippen MR) is 81.0 cm³/mol. The number of piperidine rings is 1. The number of carboxylic acids is 2. The molecule has 0 bridgehead atoms. The quantitative estimate of drug-likeness (QED) is 0.798. The molecule has 4 atom stereocenters. The van der Waals surface area contributed by atoms with Gasteiger partial charge in [-0.1, -0.05) is 12.1 Å². The number of hydrogen-bond donors (Lipinski definition) is 3. The molecule has 2 fully saturated rings. The monoisotopic (exact) mass is 303 g/mol. The van der Waals surface area contributed by atoms with Crippen molar-refractivity contribution < 1.29 is 19.8 Å². The molecule has 0 amide bonds. The summed E-state index contributed by atoms with van der Waals surface area (Å²) >= 11 is 0. The van der Waals surface area contributed by atoms with Crippen LogP contribution in [0.4, 0.5) is 0 Å². The average molecular weight is 303 g/mol. The van der Waals surface area contributed by atoms with E-state index in [1.54, 1.807) is 18.2 Å². The zero-order valence-electron chi connectivity index (χ0n) is 12.4. The van der Waals surface area contributed by atoms with Crippen LogP contribution in [0.2, 0.25) is 0 Å². The van der Waals surface area contributed by atoms with E-state index in [0.29, 0.717) is 29.7 Å². The highest BCUT2D eigenvalue weighted by molar-refractivity contribution is 5.87. The minimum Gasteiger partial charge on any atom is -0.480 e. The molecule has 1 saturated carbocycles. The lowest BCUT2D eigenvalue weighted by Crippen LogP contribution is -2.49. The molecule has 1 saturated heterocycles. The Hall–Kier alpha value is -1.88. The second kappa shape index (κ2) is 6.08. The summed E-state index contributed by atoms with van der Waals surface area (Å²) in [7, 11) is 0. The largest absolute Gasteiger partial charge is 0.480 e. The average Bonchev–Trinajstić information content (AvgIpc) is 2.53. The topological polar surface area (TPSA) is 86.6 Å². The van der Waals surface area contributed by atoms with Gasteiger partial charge in [0.2, 0.25) is 0 Å². The number of carboxylic acid groups (broad SMARTS) is 2. The summed E-state index contributed by atoms with van der Waals surface area (Å²) in [6.45, 7) is 0.781. The number of nitrogens with one attached hydrogen (secondary N) is 1. The molecule has 1 aromatic carbocycles. The maximum absolute atomic E-state index is 11.2. The second-order valence-electron chi connectivity index (χ2n) is 6.50. The Labute approximate surface area is 129 Å². The molecule has 3 rings (SSSR count). The second-order valence-corrected chi connectivity index (χ2v) is 6.50. The molecule has 0 unspecified atom stereocenters. The third kappa shape index (κ3) is 2.99. The third-order valence-corrected chi connectivity index (χ3v) is 5.21. The Morgan fingerprint density at radius 3 is 2.64 bits per heavy atom. The van der Waals surface area contributed by atoms with Crippen LogP contribution in [0, 0.1) is 11.8 Å². The summed E-state index contributed by atoms with van der Waals surface area (Å²) in [4.78, 5) is 22.3. The van der Waals surface area contributed by atoms with Gasteiger partial charge in [-0.15, -0.1) is 0 Å². The molecule has 3 N–H and O–H groups in total. The first kappa shape index (κ1) is 15.0. The molecule has 0 spiro atoms. The van der Waals surface area contributed by atoms with Gasteiger partial charge in [-0.2, -0.15) is 0 Å². The Kier molecular flexibility index (Phi) is 4.16. The van der Waals surface area contributed by atoms with Gasteiger partial charge in [0.1, 0.15) is 6.04 Å². The van der Waals surface area contributed by atoms with E-state index >= 15 is 0 Å². The van der Waals surface area contributed by atoms with Crippen molar-refractivity contribution in [2.75, 3.05) is 6.54 Å². The number of rotatable bonds is 3. The number of carbonyl (C=O) groups is 2. The van der Waals surface area contributed by atoms with Crippen molar-refractivity contribution in [2.45, 2.75) is 37.6 Å². The first-order valence-corrected chi connectivity index (χ1v) is 7.84. The molecule has 5 heteroatoms. The lowest BCUT2D eigenvalue weighted by molar-refractivity contribution is -0.141. The van der Waals surface area contributed by atoms with Gasteiger partial charge >= 0.3 is 11.9 Å². The zero-order chi connectivity index (χ0) is 15.7. The van der Waals surface area contributed by atoms with Gasteiger partial charge in [0.25, 0.3) is 0 Å². The smallest absolute Gasteiger partial charge is 0.335 e. The minimum absolute atomic E-state index is 0.327. The van der Waals surface area contributed by atoms with Crippen molar-refractivity contribution >= 4 is 11.9 Å².